The molecule has 4 aliphatic carbocycles. The first-order valence-electron chi connectivity index (χ1n) is 7.73. The number of rotatable bonds is 5. The van der Waals surface area contributed by atoms with Crippen LogP contribution in [-0.2, 0) is 11.3 Å². The molecule has 5 rings (SSSR count). The fraction of sp³-hybridized carbons (Fsp3) is 0.857. The average molecular weight is 308 g/mol. The number of nitrogens with zero attached hydrogens (tertiary/aromatic N) is 4. The number of thioether (sulfide) groups is 1. The van der Waals surface area contributed by atoms with Gasteiger partial charge in [-0.2, -0.15) is 0 Å². The Morgan fingerprint density at radius 2 is 1.86 bits per heavy atom. The number of carbonyl (C=O) groups is 1. The van der Waals surface area contributed by atoms with Gasteiger partial charge in [0.2, 0.25) is 5.16 Å². The summed E-state index contributed by atoms with van der Waals surface area (Å²) in [5.41, 5.74) is 0.458. The smallest absolute Gasteiger partial charge is 0.325 e. The van der Waals surface area contributed by atoms with Gasteiger partial charge in [-0.05, 0) is 72.1 Å². The zero-order valence-corrected chi connectivity index (χ0v) is 12.8. The molecule has 114 valence electrons. The number of carboxylic acids is 1. The monoisotopic (exact) mass is 308 g/mol. The van der Waals surface area contributed by atoms with Crippen molar-refractivity contribution in [1.82, 2.24) is 20.2 Å². The van der Waals surface area contributed by atoms with Gasteiger partial charge < -0.3 is 5.11 Å². The Morgan fingerprint density at radius 1 is 1.24 bits per heavy atom. The minimum absolute atomic E-state index is 0.157. The van der Waals surface area contributed by atoms with Crippen molar-refractivity contribution in [1.29, 1.82) is 0 Å². The molecule has 0 aliphatic heterocycles. The Bertz CT molecular complexity index is 524. The summed E-state index contributed by atoms with van der Waals surface area (Å²) in [7, 11) is 0. The van der Waals surface area contributed by atoms with Gasteiger partial charge in [-0.3, -0.25) is 4.79 Å². The molecule has 0 unspecified atom stereocenters. The Morgan fingerprint density at radius 3 is 2.43 bits per heavy atom. The Hall–Kier alpha value is -1.11. The molecule has 1 heterocycles. The molecule has 0 atom stereocenters. The zero-order chi connectivity index (χ0) is 14.4. The summed E-state index contributed by atoms with van der Waals surface area (Å²) >= 11 is 1.65. The maximum atomic E-state index is 10.8. The normalized spacial score (nSPS) is 37.0. The summed E-state index contributed by atoms with van der Waals surface area (Å²) in [6.45, 7) is -0.157. The molecule has 0 spiro atoms. The predicted octanol–water partition coefficient (Wildman–Crippen LogP) is 2.07. The number of aliphatic carboxylic acids is 1. The molecular weight excluding hydrogens is 288 g/mol. The number of carboxylic acid groups (broad SMARTS) is 1. The fourth-order valence-electron chi connectivity index (χ4n) is 5.21. The summed E-state index contributed by atoms with van der Waals surface area (Å²) in [6, 6.07) is 0. The van der Waals surface area contributed by atoms with Crippen LogP contribution in [0.1, 0.15) is 38.5 Å². The standard InChI is InChI=1S/C14H20N4O2S/c19-12(20)7-18-13(15-16-17-18)21-8-14-4-9-1-10(5-14)3-11(2-9)6-14/h9-11H,1-8H2,(H,19,20). The molecule has 6 nitrogen and oxygen atoms in total. The molecule has 7 heteroatoms. The third-order valence-electron chi connectivity index (χ3n) is 5.46. The minimum atomic E-state index is -0.904. The number of aromatic nitrogens is 4. The van der Waals surface area contributed by atoms with E-state index in [4.69, 9.17) is 5.11 Å². The van der Waals surface area contributed by atoms with Gasteiger partial charge in [0.05, 0.1) is 0 Å². The van der Waals surface area contributed by atoms with E-state index in [-0.39, 0.29) is 6.54 Å². The molecule has 1 aromatic heterocycles. The van der Waals surface area contributed by atoms with Gasteiger partial charge in [0.25, 0.3) is 0 Å². The minimum Gasteiger partial charge on any atom is -0.480 e. The molecule has 1 aromatic rings. The van der Waals surface area contributed by atoms with Crippen LogP contribution >= 0.6 is 11.8 Å². The molecule has 0 radical (unpaired) electrons. The number of tetrazole rings is 1. The summed E-state index contributed by atoms with van der Waals surface area (Å²) in [5, 5.41) is 20.9. The lowest BCUT2D eigenvalue weighted by Crippen LogP contribution is -2.47. The second-order valence-electron chi connectivity index (χ2n) is 7.22. The lowest BCUT2D eigenvalue weighted by atomic mass is 9.50. The molecular formula is C14H20N4O2S. The van der Waals surface area contributed by atoms with Crippen molar-refractivity contribution in [3.63, 3.8) is 0 Å². The van der Waals surface area contributed by atoms with Gasteiger partial charge in [-0.15, -0.1) is 5.10 Å². The van der Waals surface area contributed by atoms with Crippen molar-refractivity contribution in [2.24, 2.45) is 23.2 Å². The summed E-state index contributed by atoms with van der Waals surface area (Å²) < 4.78 is 1.40. The first-order valence-corrected chi connectivity index (χ1v) is 8.71. The van der Waals surface area contributed by atoms with Crippen LogP contribution in [0.5, 0.6) is 0 Å². The van der Waals surface area contributed by atoms with Crippen LogP contribution in [-0.4, -0.2) is 37.0 Å². The molecule has 0 amide bonds. The molecule has 21 heavy (non-hydrogen) atoms. The molecule has 4 bridgehead atoms. The lowest BCUT2D eigenvalue weighted by molar-refractivity contribution is -0.138. The molecule has 0 saturated heterocycles. The average Bonchev–Trinajstić information content (AvgIpc) is 2.81. The van der Waals surface area contributed by atoms with E-state index in [1.54, 1.807) is 11.8 Å². The molecule has 4 saturated carbocycles. The highest BCUT2D eigenvalue weighted by Crippen LogP contribution is 2.61. The summed E-state index contributed by atoms with van der Waals surface area (Å²) in [5.74, 6) is 2.95. The molecule has 4 fully saturated rings. The van der Waals surface area contributed by atoms with Crippen molar-refractivity contribution in [3.05, 3.63) is 0 Å². The SMILES string of the molecule is O=C(O)Cn1nnnc1SCC12CC3CC(CC(C3)C1)C2. The van der Waals surface area contributed by atoms with Crippen LogP contribution in [0, 0.1) is 23.2 Å². The van der Waals surface area contributed by atoms with Crippen LogP contribution in [0.2, 0.25) is 0 Å². The Kier molecular flexibility index (Phi) is 3.20. The highest BCUT2D eigenvalue weighted by atomic mass is 32.2. The van der Waals surface area contributed by atoms with Crippen LogP contribution in [0.4, 0.5) is 0 Å². The largest absolute Gasteiger partial charge is 0.480 e. The molecule has 1 N–H and O–H groups in total. The van der Waals surface area contributed by atoms with Gasteiger partial charge in [0, 0.05) is 5.75 Å². The van der Waals surface area contributed by atoms with E-state index in [0.29, 0.717) is 10.6 Å². The third-order valence-corrected chi connectivity index (χ3v) is 6.76. The van der Waals surface area contributed by atoms with Crippen molar-refractivity contribution < 1.29 is 9.90 Å². The fourth-order valence-corrected chi connectivity index (χ4v) is 6.34. The number of hydrogen-bond donors (Lipinski definition) is 1. The Balaban J connectivity index is 1.45. The van der Waals surface area contributed by atoms with E-state index in [1.807, 2.05) is 0 Å². The second kappa shape index (κ2) is 4.97. The maximum absolute atomic E-state index is 10.8. The van der Waals surface area contributed by atoms with Crippen molar-refractivity contribution in [2.75, 3.05) is 5.75 Å². The van der Waals surface area contributed by atoms with Gasteiger partial charge in [-0.25, -0.2) is 4.68 Å². The van der Waals surface area contributed by atoms with Crippen molar-refractivity contribution in [3.8, 4) is 0 Å². The highest BCUT2D eigenvalue weighted by Gasteiger charge is 2.50. The summed E-state index contributed by atoms with van der Waals surface area (Å²) in [4.78, 5) is 10.8. The first-order chi connectivity index (χ1) is 10.1. The van der Waals surface area contributed by atoms with Crippen LogP contribution in [0.25, 0.3) is 0 Å². The van der Waals surface area contributed by atoms with Crippen molar-refractivity contribution in [2.45, 2.75) is 50.2 Å². The second-order valence-corrected chi connectivity index (χ2v) is 8.16. The van der Waals surface area contributed by atoms with Gasteiger partial charge >= 0.3 is 5.97 Å². The van der Waals surface area contributed by atoms with E-state index >= 15 is 0 Å². The topological polar surface area (TPSA) is 80.9 Å². The zero-order valence-electron chi connectivity index (χ0n) is 11.9. The van der Waals surface area contributed by atoms with E-state index < -0.39 is 5.97 Å². The lowest BCUT2D eigenvalue weighted by Gasteiger charge is -2.56. The summed E-state index contributed by atoms with van der Waals surface area (Å²) in [6.07, 6.45) is 8.40. The van der Waals surface area contributed by atoms with Gasteiger partial charge in [0.15, 0.2) is 0 Å². The highest BCUT2D eigenvalue weighted by molar-refractivity contribution is 7.99. The molecule has 4 aliphatic rings. The number of hydrogen-bond acceptors (Lipinski definition) is 5. The third kappa shape index (κ3) is 2.56. The van der Waals surface area contributed by atoms with E-state index in [2.05, 4.69) is 15.5 Å². The van der Waals surface area contributed by atoms with Crippen LogP contribution < -0.4 is 0 Å². The van der Waals surface area contributed by atoms with Gasteiger partial charge in [0.1, 0.15) is 6.54 Å². The quantitative estimate of drug-likeness (QED) is 0.839. The molecule has 0 aromatic carbocycles. The van der Waals surface area contributed by atoms with E-state index in [1.165, 1.54) is 43.2 Å². The van der Waals surface area contributed by atoms with Crippen molar-refractivity contribution >= 4 is 17.7 Å². The van der Waals surface area contributed by atoms with E-state index in [9.17, 15) is 4.79 Å². The van der Waals surface area contributed by atoms with Gasteiger partial charge in [-0.1, -0.05) is 11.8 Å². The first kappa shape index (κ1) is 13.5. The Labute approximate surface area is 127 Å². The predicted molar refractivity (Wildman–Crippen MR) is 76.8 cm³/mol. The van der Waals surface area contributed by atoms with Crippen LogP contribution in [0.15, 0.2) is 5.16 Å². The van der Waals surface area contributed by atoms with Crippen LogP contribution in [0.3, 0.4) is 0 Å². The maximum Gasteiger partial charge on any atom is 0.325 e. The van der Waals surface area contributed by atoms with E-state index in [0.717, 1.165) is 23.5 Å².